The van der Waals surface area contributed by atoms with E-state index >= 15 is 0 Å². The summed E-state index contributed by atoms with van der Waals surface area (Å²) in [4.78, 5) is 4.22. The Hall–Kier alpha value is -0.790. The minimum Gasteiger partial charge on any atom is -0.322 e. The smallest absolute Gasteiger partial charge is 0.322 e. The number of hydrogen-bond donors (Lipinski definition) is 1. The normalized spacial score (nSPS) is 13.9. The minimum absolute atomic E-state index is 0.209. The van der Waals surface area contributed by atoms with Crippen LogP contribution in [0.5, 0.6) is 0 Å². The molecule has 0 saturated heterocycles. The zero-order valence-electron chi connectivity index (χ0n) is 10.2. The fourth-order valence-corrected chi connectivity index (χ4v) is 3.12. The van der Waals surface area contributed by atoms with E-state index in [2.05, 4.69) is 4.98 Å². The maximum Gasteiger partial charge on any atom is 0.416 e. The Kier molecular flexibility index (Phi) is 4.37. The number of alkyl halides is 3. The van der Waals surface area contributed by atoms with Gasteiger partial charge in [0.15, 0.2) is 0 Å². The Morgan fingerprint density at radius 3 is 2.79 bits per heavy atom. The van der Waals surface area contributed by atoms with E-state index in [1.54, 1.807) is 11.8 Å². The molecule has 0 aliphatic heterocycles. The third-order valence-corrected chi connectivity index (χ3v) is 4.49. The number of benzene rings is 1. The number of thiazole rings is 1. The molecule has 0 radical (unpaired) electrons. The van der Waals surface area contributed by atoms with Gasteiger partial charge in [0.25, 0.3) is 0 Å². The molecule has 0 amide bonds. The number of hydrogen-bond acceptors (Lipinski definition) is 4. The van der Waals surface area contributed by atoms with Crippen LogP contribution in [0.25, 0.3) is 10.2 Å². The first-order valence-corrected chi connectivity index (χ1v) is 7.85. The summed E-state index contributed by atoms with van der Waals surface area (Å²) in [6, 6.07) is 3.41. The zero-order chi connectivity index (χ0) is 14.0. The average molecular weight is 306 g/mol. The largest absolute Gasteiger partial charge is 0.416 e. The quantitative estimate of drug-likeness (QED) is 0.925. The van der Waals surface area contributed by atoms with Gasteiger partial charge in [0.2, 0.25) is 0 Å². The second kappa shape index (κ2) is 5.68. The molecule has 0 aliphatic carbocycles. The Labute approximate surface area is 117 Å². The number of nitrogens with zero attached hydrogens (tertiary/aromatic N) is 1. The number of nitrogens with two attached hydrogens (primary N) is 1. The van der Waals surface area contributed by atoms with E-state index in [1.165, 1.54) is 17.4 Å². The van der Waals surface area contributed by atoms with Gasteiger partial charge in [-0.3, -0.25) is 0 Å². The fourth-order valence-electron chi connectivity index (χ4n) is 1.65. The van der Waals surface area contributed by atoms with Crippen molar-refractivity contribution in [1.82, 2.24) is 4.98 Å². The summed E-state index contributed by atoms with van der Waals surface area (Å²) in [6.45, 7) is 0. The second-order valence-corrected chi connectivity index (χ2v) is 6.17. The van der Waals surface area contributed by atoms with Crippen LogP contribution in [0.1, 0.15) is 23.0 Å². The Balaban J connectivity index is 2.30. The first kappa shape index (κ1) is 14.6. The molecule has 0 saturated carbocycles. The lowest BCUT2D eigenvalue weighted by Crippen LogP contribution is -2.10. The van der Waals surface area contributed by atoms with E-state index in [0.29, 0.717) is 10.5 Å². The molecule has 2 aromatic rings. The van der Waals surface area contributed by atoms with E-state index < -0.39 is 11.7 Å². The molecule has 1 heterocycles. The van der Waals surface area contributed by atoms with Crippen LogP contribution < -0.4 is 5.73 Å². The summed E-state index contributed by atoms with van der Waals surface area (Å²) >= 11 is 3.05. The van der Waals surface area contributed by atoms with Crippen molar-refractivity contribution in [2.45, 2.75) is 18.6 Å². The van der Waals surface area contributed by atoms with Gasteiger partial charge in [-0.15, -0.1) is 11.3 Å². The van der Waals surface area contributed by atoms with Gasteiger partial charge in [-0.2, -0.15) is 24.9 Å². The van der Waals surface area contributed by atoms with Gasteiger partial charge in [0.05, 0.1) is 21.8 Å². The maximum atomic E-state index is 12.6. The van der Waals surface area contributed by atoms with Crippen LogP contribution in [-0.4, -0.2) is 17.0 Å². The molecule has 0 spiro atoms. The van der Waals surface area contributed by atoms with Crippen LogP contribution in [0.3, 0.4) is 0 Å². The van der Waals surface area contributed by atoms with E-state index in [9.17, 15) is 13.2 Å². The van der Waals surface area contributed by atoms with Crippen LogP contribution in [0, 0.1) is 0 Å². The van der Waals surface area contributed by atoms with E-state index in [4.69, 9.17) is 5.73 Å². The Morgan fingerprint density at radius 1 is 1.42 bits per heavy atom. The molecule has 1 aromatic carbocycles. The maximum absolute atomic E-state index is 12.6. The zero-order valence-corrected chi connectivity index (χ0v) is 11.8. The monoisotopic (exact) mass is 306 g/mol. The van der Waals surface area contributed by atoms with Gasteiger partial charge >= 0.3 is 6.18 Å². The lowest BCUT2D eigenvalue weighted by molar-refractivity contribution is -0.137. The molecular formula is C12H13F3N2S2. The van der Waals surface area contributed by atoms with Crippen LogP contribution in [0.15, 0.2) is 18.2 Å². The van der Waals surface area contributed by atoms with Crippen molar-refractivity contribution in [1.29, 1.82) is 0 Å². The van der Waals surface area contributed by atoms with E-state index in [0.717, 1.165) is 29.0 Å². The van der Waals surface area contributed by atoms with Gasteiger partial charge in [0, 0.05) is 0 Å². The lowest BCUT2D eigenvalue weighted by Gasteiger charge is -2.05. The predicted octanol–water partition coefficient (Wildman–Crippen LogP) is 4.07. The van der Waals surface area contributed by atoms with Crippen molar-refractivity contribution < 1.29 is 13.2 Å². The van der Waals surface area contributed by atoms with Crippen molar-refractivity contribution >= 4 is 33.3 Å². The molecule has 2 N–H and O–H groups in total. The molecule has 2 rings (SSSR count). The minimum atomic E-state index is -4.33. The molecular weight excluding hydrogens is 293 g/mol. The molecule has 0 fully saturated rings. The molecule has 1 unspecified atom stereocenters. The SMILES string of the molecule is CSCCC(N)c1nc2cc(C(F)(F)F)ccc2s1. The summed E-state index contributed by atoms with van der Waals surface area (Å²) in [5, 5.41) is 0.698. The standard InChI is InChI=1S/C12H13F3N2S2/c1-18-5-4-8(16)11-17-9-6-7(12(13,14)15)2-3-10(9)19-11/h2-3,6,8H,4-5,16H2,1H3. The average Bonchev–Trinajstić information content (AvgIpc) is 2.77. The predicted molar refractivity (Wildman–Crippen MR) is 74.5 cm³/mol. The topological polar surface area (TPSA) is 38.9 Å². The van der Waals surface area contributed by atoms with Crippen LogP contribution in [-0.2, 0) is 6.18 Å². The highest BCUT2D eigenvalue weighted by molar-refractivity contribution is 7.98. The molecule has 7 heteroatoms. The molecule has 19 heavy (non-hydrogen) atoms. The third-order valence-electron chi connectivity index (χ3n) is 2.68. The third kappa shape index (κ3) is 3.40. The van der Waals surface area contributed by atoms with Crippen LogP contribution >= 0.6 is 23.1 Å². The molecule has 1 aromatic heterocycles. The molecule has 1 atom stereocenters. The van der Waals surface area contributed by atoms with Crippen molar-refractivity contribution in [3.05, 3.63) is 28.8 Å². The number of halogens is 3. The van der Waals surface area contributed by atoms with Gasteiger partial charge in [-0.05, 0) is 36.6 Å². The Bertz CT molecular complexity index is 566. The molecule has 0 aliphatic rings. The van der Waals surface area contributed by atoms with Gasteiger partial charge in [-0.1, -0.05) is 0 Å². The summed E-state index contributed by atoms with van der Waals surface area (Å²) in [6.07, 6.45) is -1.58. The van der Waals surface area contributed by atoms with Gasteiger partial charge in [0.1, 0.15) is 5.01 Å². The van der Waals surface area contributed by atoms with Crippen molar-refractivity contribution in [2.24, 2.45) is 5.73 Å². The first-order valence-electron chi connectivity index (χ1n) is 5.64. The van der Waals surface area contributed by atoms with Gasteiger partial charge < -0.3 is 5.73 Å². The number of rotatable bonds is 4. The van der Waals surface area contributed by atoms with E-state index in [1.807, 2.05) is 6.26 Å². The molecule has 0 bridgehead atoms. The summed E-state index contributed by atoms with van der Waals surface area (Å²) in [5.41, 5.74) is 5.68. The van der Waals surface area contributed by atoms with Gasteiger partial charge in [-0.25, -0.2) is 4.98 Å². The van der Waals surface area contributed by atoms with E-state index in [-0.39, 0.29) is 6.04 Å². The van der Waals surface area contributed by atoms with Crippen molar-refractivity contribution in [2.75, 3.05) is 12.0 Å². The number of thioether (sulfide) groups is 1. The highest BCUT2D eigenvalue weighted by Crippen LogP contribution is 2.34. The van der Waals surface area contributed by atoms with Crippen molar-refractivity contribution in [3.8, 4) is 0 Å². The van der Waals surface area contributed by atoms with Crippen LogP contribution in [0.2, 0.25) is 0 Å². The Morgan fingerprint density at radius 2 is 2.16 bits per heavy atom. The highest BCUT2D eigenvalue weighted by Gasteiger charge is 2.30. The second-order valence-electron chi connectivity index (χ2n) is 4.12. The summed E-state index contributed by atoms with van der Waals surface area (Å²) < 4.78 is 38.5. The van der Waals surface area contributed by atoms with Crippen molar-refractivity contribution in [3.63, 3.8) is 0 Å². The molecule has 2 nitrogen and oxygen atoms in total. The number of fused-ring (bicyclic) bond motifs is 1. The summed E-state index contributed by atoms with van der Waals surface area (Å²) in [5.74, 6) is 0.908. The lowest BCUT2D eigenvalue weighted by atomic mass is 10.2. The summed E-state index contributed by atoms with van der Waals surface area (Å²) in [7, 11) is 0. The van der Waals surface area contributed by atoms with Crippen LogP contribution in [0.4, 0.5) is 13.2 Å². The molecule has 104 valence electrons. The number of aromatic nitrogens is 1. The highest BCUT2D eigenvalue weighted by atomic mass is 32.2. The fraction of sp³-hybridized carbons (Fsp3) is 0.417. The first-order chi connectivity index (χ1) is 8.91.